The summed E-state index contributed by atoms with van der Waals surface area (Å²) < 4.78 is 34.4. The van der Waals surface area contributed by atoms with Gasteiger partial charge in [-0.15, -0.1) is 0 Å². The summed E-state index contributed by atoms with van der Waals surface area (Å²) >= 11 is 0. The number of hydrogen-bond donors (Lipinski definition) is 0. The molecule has 26 heavy (non-hydrogen) atoms. The first-order valence-corrected chi connectivity index (χ1v) is 10.5. The van der Waals surface area contributed by atoms with Gasteiger partial charge >= 0.3 is 0 Å². The maximum Gasteiger partial charge on any atom is 0.217 e. The van der Waals surface area contributed by atoms with Crippen LogP contribution in [0.2, 0.25) is 0 Å². The third-order valence-electron chi connectivity index (χ3n) is 5.07. The topological polar surface area (TPSA) is 64.4 Å². The highest BCUT2D eigenvalue weighted by molar-refractivity contribution is 7.89. The van der Waals surface area contributed by atoms with Crippen LogP contribution in [-0.4, -0.2) is 33.8 Å². The van der Waals surface area contributed by atoms with Gasteiger partial charge in [-0.25, -0.2) is 8.42 Å². The van der Waals surface area contributed by atoms with Crippen molar-refractivity contribution in [2.24, 2.45) is 7.05 Å². The molecule has 142 valence electrons. The van der Waals surface area contributed by atoms with Gasteiger partial charge in [-0.2, -0.15) is 9.40 Å². The van der Waals surface area contributed by atoms with Gasteiger partial charge in [-0.05, 0) is 57.4 Å². The first kappa shape index (κ1) is 18.9. The van der Waals surface area contributed by atoms with Crippen molar-refractivity contribution < 1.29 is 13.2 Å². The minimum atomic E-state index is -3.22. The molecule has 3 rings (SSSR count). The Kier molecular flexibility index (Phi) is 5.39. The second-order valence-electron chi connectivity index (χ2n) is 7.16. The van der Waals surface area contributed by atoms with Crippen LogP contribution >= 0.6 is 0 Å². The Morgan fingerprint density at radius 3 is 2.50 bits per heavy atom. The van der Waals surface area contributed by atoms with E-state index >= 15 is 0 Å². The minimum absolute atomic E-state index is 0.0419. The number of benzene rings is 1. The molecule has 1 aliphatic rings. The molecular formula is C19H27N3O3S. The summed E-state index contributed by atoms with van der Waals surface area (Å²) in [7, 11) is -1.32. The second-order valence-corrected chi connectivity index (χ2v) is 9.46. The summed E-state index contributed by atoms with van der Waals surface area (Å²) in [5.41, 5.74) is 2.94. The number of nitrogens with zero attached hydrogens (tertiary/aromatic N) is 3. The van der Waals surface area contributed by atoms with E-state index in [4.69, 9.17) is 4.74 Å². The first-order chi connectivity index (χ1) is 12.3. The summed E-state index contributed by atoms with van der Waals surface area (Å²) in [6.45, 7) is 6.59. The van der Waals surface area contributed by atoms with Crippen LogP contribution in [0.4, 0.5) is 0 Å². The van der Waals surface area contributed by atoms with Crippen molar-refractivity contribution in [2.45, 2.75) is 58.1 Å². The van der Waals surface area contributed by atoms with Crippen molar-refractivity contribution in [1.82, 2.24) is 14.1 Å². The third-order valence-corrected chi connectivity index (χ3v) is 7.46. The molecule has 1 aromatic heterocycles. The Balaban J connectivity index is 1.65. The predicted octanol–water partition coefficient (Wildman–Crippen LogP) is 3.01. The molecular weight excluding hydrogens is 350 g/mol. The van der Waals surface area contributed by atoms with Crippen LogP contribution in [0.3, 0.4) is 0 Å². The SMILES string of the molecule is Cc1cc(COc2ccc(CN3[C@@H](C)CCC(C)S3(=O)=O)cc2)n(C)n1. The fraction of sp³-hybridized carbons (Fsp3) is 0.526. The van der Waals surface area contributed by atoms with Crippen LogP contribution in [0.15, 0.2) is 30.3 Å². The molecule has 2 heterocycles. The zero-order chi connectivity index (χ0) is 18.9. The molecule has 2 aromatic rings. The lowest BCUT2D eigenvalue weighted by Gasteiger charge is -2.36. The molecule has 0 spiro atoms. The lowest BCUT2D eigenvalue weighted by Crippen LogP contribution is -2.46. The van der Waals surface area contributed by atoms with E-state index in [0.717, 1.165) is 35.5 Å². The average Bonchev–Trinajstić information content (AvgIpc) is 2.92. The summed E-state index contributed by atoms with van der Waals surface area (Å²) in [5.74, 6) is 0.760. The van der Waals surface area contributed by atoms with Gasteiger partial charge in [-0.1, -0.05) is 12.1 Å². The molecule has 0 radical (unpaired) electrons. The predicted molar refractivity (Wildman–Crippen MR) is 101 cm³/mol. The number of rotatable bonds is 5. The number of sulfonamides is 1. The van der Waals surface area contributed by atoms with E-state index in [1.165, 1.54) is 0 Å². The maximum atomic E-state index is 12.6. The van der Waals surface area contributed by atoms with Gasteiger partial charge in [0.25, 0.3) is 0 Å². The van der Waals surface area contributed by atoms with Crippen molar-refractivity contribution in [3.05, 3.63) is 47.3 Å². The molecule has 0 saturated carbocycles. The number of aryl methyl sites for hydroxylation is 2. The van der Waals surface area contributed by atoms with E-state index in [1.807, 2.05) is 55.9 Å². The highest BCUT2D eigenvalue weighted by Crippen LogP contribution is 2.28. The number of ether oxygens (including phenoxy) is 1. The Morgan fingerprint density at radius 1 is 1.19 bits per heavy atom. The van der Waals surface area contributed by atoms with Crippen LogP contribution in [0, 0.1) is 6.92 Å². The molecule has 2 atom stereocenters. The van der Waals surface area contributed by atoms with Gasteiger partial charge in [-0.3, -0.25) is 4.68 Å². The van der Waals surface area contributed by atoms with Gasteiger partial charge < -0.3 is 4.74 Å². The van der Waals surface area contributed by atoms with E-state index in [9.17, 15) is 8.42 Å². The van der Waals surface area contributed by atoms with Crippen LogP contribution in [-0.2, 0) is 30.2 Å². The molecule has 0 amide bonds. The van der Waals surface area contributed by atoms with E-state index in [1.54, 1.807) is 11.2 Å². The summed E-state index contributed by atoms with van der Waals surface area (Å²) in [5, 5.41) is 4.00. The molecule has 1 fully saturated rings. The van der Waals surface area contributed by atoms with E-state index < -0.39 is 10.0 Å². The van der Waals surface area contributed by atoms with Gasteiger partial charge in [0.1, 0.15) is 12.4 Å². The molecule has 0 N–H and O–H groups in total. The molecule has 6 nitrogen and oxygen atoms in total. The van der Waals surface area contributed by atoms with E-state index in [2.05, 4.69) is 5.10 Å². The molecule has 0 bridgehead atoms. The van der Waals surface area contributed by atoms with Gasteiger partial charge in [0, 0.05) is 19.6 Å². The quantitative estimate of drug-likeness (QED) is 0.803. The largest absolute Gasteiger partial charge is 0.487 e. The van der Waals surface area contributed by atoms with Crippen LogP contribution in [0.25, 0.3) is 0 Å². The summed E-state index contributed by atoms with van der Waals surface area (Å²) in [4.78, 5) is 0. The Bertz CT molecular complexity index is 859. The standard InChI is InChI=1S/C19H27N3O3S/c1-14-11-18(21(4)20-14)13-25-19-9-7-17(8-10-19)12-22-15(2)5-6-16(3)26(22,23)24/h7-11,15-16H,5-6,12-13H2,1-4H3/t15-,16?/m0/s1. The van der Waals surface area contributed by atoms with Gasteiger partial charge in [0.15, 0.2) is 0 Å². The highest BCUT2D eigenvalue weighted by Gasteiger charge is 2.36. The molecule has 1 aliphatic heterocycles. The maximum absolute atomic E-state index is 12.6. The smallest absolute Gasteiger partial charge is 0.217 e. The Labute approximate surface area is 155 Å². The fourth-order valence-corrected chi connectivity index (χ4v) is 5.16. The first-order valence-electron chi connectivity index (χ1n) is 8.99. The zero-order valence-electron chi connectivity index (χ0n) is 15.8. The monoisotopic (exact) mass is 377 g/mol. The summed E-state index contributed by atoms with van der Waals surface area (Å²) in [6.07, 6.45) is 1.64. The second kappa shape index (κ2) is 7.40. The molecule has 1 unspecified atom stereocenters. The molecule has 7 heteroatoms. The van der Waals surface area contributed by atoms with Crippen molar-refractivity contribution in [3.8, 4) is 5.75 Å². The zero-order valence-corrected chi connectivity index (χ0v) is 16.7. The fourth-order valence-electron chi connectivity index (χ4n) is 3.32. The van der Waals surface area contributed by atoms with Crippen LogP contribution < -0.4 is 4.74 Å². The lowest BCUT2D eigenvalue weighted by molar-refractivity contribution is 0.283. The van der Waals surface area contributed by atoms with Crippen LogP contribution in [0.1, 0.15) is 43.6 Å². The normalized spacial score (nSPS) is 23.1. The number of aromatic nitrogens is 2. The Morgan fingerprint density at radius 2 is 1.88 bits per heavy atom. The van der Waals surface area contributed by atoms with Crippen molar-refractivity contribution >= 4 is 10.0 Å². The molecule has 0 aliphatic carbocycles. The average molecular weight is 378 g/mol. The lowest BCUT2D eigenvalue weighted by atomic mass is 10.1. The van der Waals surface area contributed by atoms with Crippen molar-refractivity contribution in [3.63, 3.8) is 0 Å². The highest BCUT2D eigenvalue weighted by atomic mass is 32.2. The molecule has 1 saturated heterocycles. The van der Waals surface area contributed by atoms with Crippen molar-refractivity contribution in [2.75, 3.05) is 0 Å². The minimum Gasteiger partial charge on any atom is -0.487 e. The summed E-state index contributed by atoms with van der Waals surface area (Å²) in [6, 6.07) is 9.70. The van der Waals surface area contributed by atoms with Crippen molar-refractivity contribution in [1.29, 1.82) is 0 Å². The van der Waals surface area contributed by atoms with E-state index in [0.29, 0.717) is 13.2 Å². The van der Waals surface area contributed by atoms with Gasteiger partial charge in [0.2, 0.25) is 10.0 Å². The van der Waals surface area contributed by atoms with E-state index in [-0.39, 0.29) is 11.3 Å². The van der Waals surface area contributed by atoms with Crippen LogP contribution in [0.5, 0.6) is 5.75 Å². The van der Waals surface area contributed by atoms with Gasteiger partial charge in [0.05, 0.1) is 16.6 Å². The Hall–Kier alpha value is -1.86. The third kappa shape index (κ3) is 3.94. The molecule has 1 aromatic carbocycles. The number of hydrogen-bond acceptors (Lipinski definition) is 4.